The van der Waals surface area contributed by atoms with E-state index in [1.807, 2.05) is 6.92 Å². The first kappa shape index (κ1) is 16.4. The van der Waals surface area contributed by atoms with Gasteiger partial charge in [-0.3, -0.25) is 9.59 Å². The minimum absolute atomic E-state index is 0. The molecule has 8 heteroatoms. The third-order valence-electron chi connectivity index (χ3n) is 2.54. The summed E-state index contributed by atoms with van der Waals surface area (Å²) in [5.74, 6) is -0.308. The predicted octanol–water partition coefficient (Wildman–Crippen LogP) is 1.46. The van der Waals surface area contributed by atoms with E-state index in [0.29, 0.717) is 29.5 Å². The molecule has 1 amide bonds. The largest absolute Gasteiger partial charge is 0.325 e. The second-order valence-corrected chi connectivity index (χ2v) is 4.77. The minimum atomic E-state index is -0.308. The maximum Gasteiger partial charge on any atom is 0.275 e. The Balaban J connectivity index is 0.00000200. The molecule has 0 aromatic carbocycles. The Bertz CT molecular complexity index is 653. The number of carbonyl (C=O) groups excluding carboxylic acids is 1. The zero-order valence-electron chi connectivity index (χ0n) is 10.8. The van der Waals surface area contributed by atoms with Gasteiger partial charge in [-0.1, -0.05) is 0 Å². The third kappa shape index (κ3) is 3.66. The topological polar surface area (TPSA) is 90.0 Å². The van der Waals surface area contributed by atoms with Crippen LogP contribution in [0.5, 0.6) is 0 Å². The molecule has 108 valence electrons. The van der Waals surface area contributed by atoms with Crippen LogP contribution in [0.1, 0.15) is 22.4 Å². The van der Waals surface area contributed by atoms with E-state index in [4.69, 9.17) is 5.73 Å². The standard InChI is InChI=1S/C12H14N4O2S.ClH/c1-2-16-6-8(3-4-11(16)17)14-12(18)9-7-19-10(5-13)15-9;/h3-4,6-7H,2,5,13H2,1H3,(H,14,18);1H. The molecule has 2 heterocycles. The van der Waals surface area contributed by atoms with Crippen LogP contribution in [-0.2, 0) is 13.1 Å². The number of anilines is 1. The summed E-state index contributed by atoms with van der Waals surface area (Å²) in [6.45, 7) is 2.73. The number of pyridine rings is 1. The van der Waals surface area contributed by atoms with Crippen LogP contribution in [0.3, 0.4) is 0 Å². The SMILES string of the molecule is CCn1cc(NC(=O)c2csc(CN)n2)ccc1=O.Cl. The minimum Gasteiger partial charge on any atom is -0.325 e. The number of nitrogens with one attached hydrogen (secondary N) is 1. The zero-order chi connectivity index (χ0) is 13.8. The first-order valence-electron chi connectivity index (χ1n) is 5.80. The molecule has 6 nitrogen and oxygen atoms in total. The van der Waals surface area contributed by atoms with Gasteiger partial charge in [0, 0.05) is 30.7 Å². The first-order valence-corrected chi connectivity index (χ1v) is 6.68. The molecule has 0 bridgehead atoms. The Labute approximate surface area is 126 Å². The fraction of sp³-hybridized carbons (Fsp3) is 0.250. The lowest BCUT2D eigenvalue weighted by Gasteiger charge is -2.06. The molecule has 0 aliphatic heterocycles. The number of amides is 1. The number of hydrogen-bond acceptors (Lipinski definition) is 5. The average molecular weight is 315 g/mol. The fourth-order valence-electron chi connectivity index (χ4n) is 1.56. The van der Waals surface area contributed by atoms with Crippen LogP contribution in [0.15, 0.2) is 28.5 Å². The maximum absolute atomic E-state index is 11.9. The number of thiazole rings is 1. The molecule has 0 saturated carbocycles. The van der Waals surface area contributed by atoms with Crippen LogP contribution in [-0.4, -0.2) is 15.5 Å². The highest BCUT2D eigenvalue weighted by Crippen LogP contribution is 2.11. The average Bonchev–Trinajstić information content (AvgIpc) is 2.90. The van der Waals surface area contributed by atoms with E-state index in [9.17, 15) is 9.59 Å². The maximum atomic E-state index is 11.9. The van der Waals surface area contributed by atoms with E-state index < -0.39 is 0 Å². The molecular weight excluding hydrogens is 300 g/mol. The van der Waals surface area contributed by atoms with Crippen LogP contribution in [0, 0.1) is 0 Å². The van der Waals surface area contributed by atoms with Gasteiger partial charge in [-0.25, -0.2) is 4.98 Å². The van der Waals surface area contributed by atoms with Crippen molar-refractivity contribution in [2.75, 3.05) is 5.32 Å². The van der Waals surface area contributed by atoms with E-state index in [2.05, 4.69) is 10.3 Å². The number of aromatic nitrogens is 2. The molecule has 0 saturated heterocycles. The lowest BCUT2D eigenvalue weighted by Crippen LogP contribution is -2.20. The molecule has 0 unspecified atom stereocenters. The van der Waals surface area contributed by atoms with Crippen molar-refractivity contribution in [1.82, 2.24) is 9.55 Å². The van der Waals surface area contributed by atoms with Gasteiger partial charge in [0.15, 0.2) is 0 Å². The van der Waals surface area contributed by atoms with Crippen molar-refractivity contribution in [1.29, 1.82) is 0 Å². The van der Waals surface area contributed by atoms with E-state index >= 15 is 0 Å². The van der Waals surface area contributed by atoms with E-state index in [0.717, 1.165) is 0 Å². The fourth-order valence-corrected chi connectivity index (χ4v) is 2.21. The van der Waals surface area contributed by atoms with Crippen molar-refractivity contribution in [2.24, 2.45) is 5.73 Å². The van der Waals surface area contributed by atoms with Crippen LogP contribution in [0.25, 0.3) is 0 Å². The lowest BCUT2D eigenvalue weighted by molar-refractivity contribution is 0.102. The number of hydrogen-bond donors (Lipinski definition) is 2. The van der Waals surface area contributed by atoms with Crippen molar-refractivity contribution < 1.29 is 4.79 Å². The molecule has 2 rings (SSSR count). The Kier molecular flexibility index (Phi) is 5.87. The summed E-state index contributed by atoms with van der Waals surface area (Å²) in [6, 6.07) is 2.99. The Hall–Kier alpha value is -1.70. The van der Waals surface area contributed by atoms with Crippen molar-refractivity contribution in [3.05, 3.63) is 44.8 Å². The first-order chi connectivity index (χ1) is 9.13. The summed E-state index contributed by atoms with van der Waals surface area (Å²) >= 11 is 1.35. The number of carbonyl (C=O) groups is 1. The van der Waals surface area contributed by atoms with Crippen molar-refractivity contribution >= 4 is 35.3 Å². The molecule has 2 aromatic rings. The molecule has 0 spiro atoms. The summed E-state index contributed by atoms with van der Waals surface area (Å²) in [4.78, 5) is 27.5. The third-order valence-corrected chi connectivity index (χ3v) is 3.41. The molecule has 0 aliphatic rings. The molecule has 0 atom stereocenters. The highest BCUT2D eigenvalue weighted by atomic mass is 35.5. The second-order valence-electron chi connectivity index (χ2n) is 3.83. The molecule has 0 fully saturated rings. The lowest BCUT2D eigenvalue weighted by atomic mass is 10.3. The predicted molar refractivity (Wildman–Crippen MR) is 81.6 cm³/mol. The second kappa shape index (κ2) is 7.18. The van der Waals surface area contributed by atoms with Gasteiger partial charge >= 0.3 is 0 Å². The summed E-state index contributed by atoms with van der Waals surface area (Å²) in [7, 11) is 0. The van der Waals surface area contributed by atoms with Gasteiger partial charge in [-0.05, 0) is 13.0 Å². The zero-order valence-corrected chi connectivity index (χ0v) is 12.5. The van der Waals surface area contributed by atoms with E-state index in [1.165, 1.54) is 22.0 Å². The highest BCUT2D eigenvalue weighted by molar-refractivity contribution is 7.09. The number of nitrogens with zero attached hydrogens (tertiary/aromatic N) is 2. The van der Waals surface area contributed by atoms with Crippen molar-refractivity contribution in [3.8, 4) is 0 Å². The molecule has 0 radical (unpaired) electrons. The van der Waals surface area contributed by atoms with Gasteiger partial charge in [0.1, 0.15) is 10.7 Å². The quantitative estimate of drug-likeness (QED) is 0.894. The Morgan fingerprint density at radius 3 is 2.85 bits per heavy atom. The van der Waals surface area contributed by atoms with Gasteiger partial charge in [0.2, 0.25) is 0 Å². The number of aryl methyl sites for hydroxylation is 1. The molecule has 2 aromatic heterocycles. The van der Waals surface area contributed by atoms with Crippen LogP contribution < -0.4 is 16.6 Å². The van der Waals surface area contributed by atoms with E-state index in [-0.39, 0.29) is 23.9 Å². The van der Waals surface area contributed by atoms with Crippen molar-refractivity contribution in [2.45, 2.75) is 20.0 Å². The summed E-state index contributed by atoms with van der Waals surface area (Å²) in [5.41, 5.74) is 6.25. The summed E-state index contributed by atoms with van der Waals surface area (Å²) in [6.07, 6.45) is 1.61. The summed E-state index contributed by atoms with van der Waals surface area (Å²) in [5, 5.41) is 5.07. The molecule has 3 N–H and O–H groups in total. The van der Waals surface area contributed by atoms with Crippen molar-refractivity contribution in [3.63, 3.8) is 0 Å². The number of rotatable bonds is 4. The number of halogens is 1. The van der Waals surface area contributed by atoms with Gasteiger partial charge in [-0.15, -0.1) is 23.7 Å². The van der Waals surface area contributed by atoms with Crippen LogP contribution in [0.4, 0.5) is 5.69 Å². The molecular formula is C12H15ClN4O2S. The monoisotopic (exact) mass is 314 g/mol. The van der Waals surface area contributed by atoms with Gasteiger partial charge < -0.3 is 15.6 Å². The smallest absolute Gasteiger partial charge is 0.275 e. The van der Waals surface area contributed by atoms with Crippen LogP contribution >= 0.6 is 23.7 Å². The normalized spacial score (nSPS) is 9.90. The number of nitrogens with two attached hydrogens (primary N) is 1. The summed E-state index contributed by atoms with van der Waals surface area (Å²) < 4.78 is 1.52. The molecule has 0 aliphatic carbocycles. The van der Waals surface area contributed by atoms with Gasteiger partial charge in [-0.2, -0.15) is 0 Å². The molecule has 20 heavy (non-hydrogen) atoms. The highest BCUT2D eigenvalue weighted by Gasteiger charge is 2.10. The van der Waals surface area contributed by atoms with Crippen LogP contribution in [0.2, 0.25) is 0 Å². The Morgan fingerprint density at radius 1 is 1.50 bits per heavy atom. The van der Waals surface area contributed by atoms with Gasteiger partial charge in [0.25, 0.3) is 11.5 Å². The van der Waals surface area contributed by atoms with E-state index in [1.54, 1.807) is 17.6 Å². The van der Waals surface area contributed by atoms with Gasteiger partial charge in [0.05, 0.1) is 5.69 Å². The Morgan fingerprint density at radius 2 is 2.25 bits per heavy atom.